The van der Waals surface area contributed by atoms with Gasteiger partial charge in [-0.25, -0.2) is 0 Å². The van der Waals surface area contributed by atoms with Crippen molar-refractivity contribution < 1.29 is 9.84 Å². The molecule has 0 saturated carbocycles. The van der Waals surface area contributed by atoms with Crippen LogP contribution in [-0.2, 0) is 5.60 Å². The predicted molar refractivity (Wildman–Crippen MR) is 65.6 cm³/mol. The molecule has 1 rings (SSSR count). The lowest BCUT2D eigenvalue weighted by molar-refractivity contribution is -0.00877. The monoisotopic (exact) mass is 223 g/mol. The van der Waals surface area contributed by atoms with Gasteiger partial charge >= 0.3 is 0 Å². The molecule has 3 heteroatoms. The lowest BCUT2D eigenvalue weighted by atomic mass is 9.79. The molecule has 0 amide bonds. The van der Waals surface area contributed by atoms with E-state index in [2.05, 4.69) is 0 Å². The Morgan fingerprint density at radius 1 is 1.25 bits per heavy atom. The number of aliphatic hydroxyl groups is 1. The third kappa shape index (κ3) is 2.20. The Morgan fingerprint density at radius 3 is 2.19 bits per heavy atom. The fraction of sp³-hybridized carbons (Fsp3) is 0.538. The van der Waals surface area contributed by atoms with Crippen LogP contribution in [-0.4, -0.2) is 17.8 Å². The molecule has 0 aliphatic rings. The molecule has 90 valence electrons. The van der Waals surface area contributed by atoms with Gasteiger partial charge in [-0.1, -0.05) is 6.07 Å². The van der Waals surface area contributed by atoms with E-state index in [-0.39, 0.29) is 0 Å². The lowest BCUT2D eigenvalue weighted by Crippen LogP contribution is -2.52. The second-order valence-electron chi connectivity index (χ2n) is 4.98. The minimum atomic E-state index is -1.07. The number of aryl methyl sites for hydroxylation is 1. The third-order valence-electron chi connectivity index (χ3n) is 3.21. The molecule has 0 saturated heterocycles. The summed E-state index contributed by atoms with van der Waals surface area (Å²) >= 11 is 0. The van der Waals surface area contributed by atoms with Gasteiger partial charge < -0.3 is 15.6 Å². The highest BCUT2D eigenvalue weighted by molar-refractivity contribution is 5.39. The SMILES string of the molecule is COc1ccc(C(C)(O)C(C)(C)N)cc1C. The highest BCUT2D eigenvalue weighted by Crippen LogP contribution is 2.32. The molecule has 1 atom stereocenters. The number of hydrogen-bond donors (Lipinski definition) is 2. The second kappa shape index (κ2) is 4.07. The third-order valence-corrected chi connectivity index (χ3v) is 3.21. The molecule has 1 unspecified atom stereocenters. The van der Waals surface area contributed by atoms with Crippen LogP contribution in [0.5, 0.6) is 5.75 Å². The van der Waals surface area contributed by atoms with Crippen molar-refractivity contribution >= 4 is 0 Å². The molecular formula is C13H21NO2. The summed E-state index contributed by atoms with van der Waals surface area (Å²) < 4.78 is 5.19. The van der Waals surface area contributed by atoms with Gasteiger partial charge in [-0.15, -0.1) is 0 Å². The van der Waals surface area contributed by atoms with Crippen LogP contribution in [0.2, 0.25) is 0 Å². The molecule has 1 aromatic rings. The molecular weight excluding hydrogens is 202 g/mol. The summed E-state index contributed by atoms with van der Waals surface area (Å²) in [4.78, 5) is 0. The second-order valence-corrected chi connectivity index (χ2v) is 4.98. The van der Waals surface area contributed by atoms with E-state index in [4.69, 9.17) is 10.5 Å². The van der Waals surface area contributed by atoms with E-state index >= 15 is 0 Å². The Morgan fingerprint density at radius 2 is 1.81 bits per heavy atom. The van der Waals surface area contributed by atoms with Crippen LogP contribution in [0.25, 0.3) is 0 Å². The summed E-state index contributed by atoms with van der Waals surface area (Å²) in [5, 5.41) is 10.4. The van der Waals surface area contributed by atoms with Crippen LogP contribution in [0.3, 0.4) is 0 Å². The lowest BCUT2D eigenvalue weighted by Gasteiger charge is -2.37. The molecule has 0 aliphatic heterocycles. The van der Waals surface area contributed by atoms with Gasteiger partial charge in [-0.3, -0.25) is 0 Å². The van der Waals surface area contributed by atoms with Crippen molar-refractivity contribution in [2.45, 2.75) is 38.8 Å². The number of methoxy groups -OCH3 is 1. The first-order valence-electron chi connectivity index (χ1n) is 5.36. The van der Waals surface area contributed by atoms with Gasteiger partial charge in [0.1, 0.15) is 11.4 Å². The molecule has 0 spiro atoms. The summed E-state index contributed by atoms with van der Waals surface area (Å²) in [6.07, 6.45) is 0. The van der Waals surface area contributed by atoms with E-state index in [9.17, 15) is 5.11 Å². The zero-order valence-electron chi connectivity index (χ0n) is 10.7. The predicted octanol–water partition coefficient (Wildman–Crippen LogP) is 1.95. The van der Waals surface area contributed by atoms with Gasteiger partial charge in [0.2, 0.25) is 0 Å². The minimum absolute atomic E-state index is 0.700. The normalized spacial score (nSPS) is 15.7. The van der Waals surface area contributed by atoms with Gasteiger partial charge in [0.05, 0.1) is 7.11 Å². The van der Waals surface area contributed by atoms with Gasteiger partial charge in [0, 0.05) is 5.54 Å². The standard InChI is InChI=1S/C13H21NO2/c1-9-8-10(6-7-11(9)16-5)13(4,15)12(2,3)14/h6-8,15H,14H2,1-5H3. The van der Waals surface area contributed by atoms with Crippen LogP contribution < -0.4 is 10.5 Å². The Balaban J connectivity index is 3.20. The fourth-order valence-corrected chi connectivity index (χ4v) is 1.55. The number of ether oxygens (including phenoxy) is 1. The summed E-state index contributed by atoms with van der Waals surface area (Å²) in [5.41, 5.74) is 6.01. The van der Waals surface area contributed by atoms with E-state index in [0.717, 1.165) is 16.9 Å². The molecule has 0 radical (unpaired) electrons. The first-order chi connectivity index (χ1) is 7.20. The average molecular weight is 223 g/mol. The number of nitrogens with two attached hydrogens (primary N) is 1. The van der Waals surface area contributed by atoms with Gasteiger partial charge in [0.15, 0.2) is 0 Å². The van der Waals surface area contributed by atoms with Crippen molar-refractivity contribution in [1.82, 2.24) is 0 Å². The van der Waals surface area contributed by atoms with Gasteiger partial charge in [-0.05, 0) is 51.0 Å². The summed E-state index contributed by atoms with van der Waals surface area (Å²) in [6.45, 7) is 7.30. The van der Waals surface area contributed by atoms with Crippen molar-refractivity contribution in [2.75, 3.05) is 7.11 Å². The molecule has 0 heterocycles. The van der Waals surface area contributed by atoms with Crippen molar-refractivity contribution in [2.24, 2.45) is 5.73 Å². The number of hydrogen-bond acceptors (Lipinski definition) is 3. The molecule has 0 aromatic heterocycles. The van der Waals surface area contributed by atoms with Crippen molar-refractivity contribution in [3.8, 4) is 5.75 Å². The maximum atomic E-state index is 10.4. The van der Waals surface area contributed by atoms with Crippen molar-refractivity contribution in [3.05, 3.63) is 29.3 Å². The fourth-order valence-electron chi connectivity index (χ4n) is 1.55. The van der Waals surface area contributed by atoms with Gasteiger partial charge in [0.25, 0.3) is 0 Å². The van der Waals surface area contributed by atoms with Crippen LogP contribution in [0.4, 0.5) is 0 Å². The van der Waals surface area contributed by atoms with E-state index in [1.165, 1.54) is 0 Å². The largest absolute Gasteiger partial charge is 0.496 e. The van der Waals surface area contributed by atoms with E-state index in [1.807, 2.05) is 39.0 Å². The summed E-state index contributed by atoms with van der Waals surface area (Å²) in [6, 6.07) is 5.61. The quantitative estimate of drug-likeness (QED) is 0.823. The zero-order chi connectivity index (χ0) is 12.6. The molecule has 3 N–H and O–H groups in total. The van der Waals surface area contributed by atoms with E-state index < -0.39 is 11.1 Å². The highest BCUT2D eigenvalue weighted by atomic mass is 16.5. The maximum absolute atomic E-state index is 10.4. The van der Waals surface area contributed by atoms with E-state index in [1.54, 1.807) is 14.0 Å². The van der Waals surface area contributed by atoms with Crippen LogP contribution in [0, 0.1) is 6.92 Å². The number of rotatable bonds is 3. The average Bonchev–Trinajstić information content (AvgIpc) is 2.15. The molecule has 16 heavy (non-hydrogen) atoms. The highest BCUT2D eigenvalue weighted by Gasteiger charge is 2.37. The number of benzene rings is 1. The van der Waals surface area contributed by atoms with Crippen LogP contribution in [0.15, 0.2) is 18.2 Å². The summed E-state index contributed by atoms with van der Waals surface area (Å²) in [7, 11) is 1.63. The Bertz CT molecular complexity index is 378. The smallest absolute Gasteiger partial charge is 0.121 e. The molecule has 0 bridgehead atoms. The van der Waals surface area contributed by atoms with Gasteiger partial charge in [-0.2, -0.15) is 0 Å². The Hall–Kier alpha value is -1.06. The first-order valence-corrected chi connectivity index (χ1v) is 5.36. The van der Waals surface area contributed by atoms with E-state index in [0.29, 0.717) is 0 Å². The summed E-state index contributed by atoms with van der Waals surface area (Å²) in [5.74, 6) is 0.814. The molecule has 1 aromatic carbocycles. The van der Waals surface area contributed by atoms with Crippen LogP contribution in [0.1, 0.15) is 31.9 Å². The first kappa shape index (κ1) is 13.0. The Labute approximate surface area is 97.2 Å². The Kier molecular flexibility index (Phi) is 3.31. The minimum Gasteiger partial charge on any atom is -0.496 e. The van der Waals surface area contributed by atoms with Crippen molar-refractivity contribution in [1.29, 1.82) is 0 Å². The zero-order valence-corrected chi connectivity index (χ0v) is 10.7. The topological polar surface area (TPSA) is 55.5 Å². The molecule has 0 aliphatic carbocycles. The van der Waals surface area contributed by atoms with Crippen molar-refractivity contribution in [3.63, 3.8) is 0 Å². The molecule has 3 nitrogen and oxygen atoms in total. The maximum Gasteiger partial charge on any atom is 0.121 e. The van der Waals surface area contributed by atoms with Crippen LogP contribution >= 0.6 is 0 Å². The molecule has 0 fully saturated rings.